The largest absolute Gasteiger partial charge is 0.467 e. The van der Waals surface area contributed by atoms with Crippen LogP contribution in [0.15, 0.2) is 22.8 Å². The van der Waals surface area contributed by atoms with Crippen LogP contribution in [0.5, 0.6) is 0 Å². The molecule has 2 heterocycles. The van der Waals surface area contributed by atoms with Crippen molar-refractivity contribution >= 4 is 5.91 Å². The number of likely N-dealkylation sites (N-methyl/N-ethyl adjacent to an activating group) is 1. The maximum absolute atomic E-state index is 11.7. The zero-order valence-corrected chi connectivity index (χ0v) is 11.2. The number of nitrogens with one attached hydrogen (secondary N) is 2. The molecule has 0 aromatic carbocycles. The molecule has 1 aromatic rings. The zero-order valence-electron chi connectivity index (χ0n) is 11.2. The Balaban J connectivity index is 1.63. The molecule has 1 atom stereocenters. The summed E-state index contributed by atoms with van der Waals surface area (Å²) in [5, 5.41) is 6.10. The highest BCUT2D eigenvalue weighted by atomic mass is 16.5. The van der Waals surface area contributed by atoms with Crippen LogP contribution in [-0.2, 0) is 16.1 Å². The van der Waals surface area contributed by atoms with Crippen molar-refractivity contribution in [2.75, 3.05) is 39.8 Å². The van der Waals surface area contributed by atoms with E-state index in [0.29, 0.717) is 13.1 Å². The molecular weight excluding hydrogens is 246 g/mol. The minimum Gasteiger partial charge on any atom is -0.467 e. The predicted octanol–water partition coefficient (Wildman–Crippen LogP) is -0.184. The Bertz CT molecular complexity index is 374. The van der Waals surface area contributed by atoms with Gasteiger partial charge in [0.15, 0.2) is 0 Å². The van der Waals surface area contributed by atoms with Crippen LogP contribution >= 0.6 is 0 Å². The SMILES string of the molecule is CN(CC(=O)NCc1ccco1)CC1CNCCO1. The summed E-state index contributed by atoms with van der Waals surface area (Å²) in [6, 6.07) is 3.65. The van der Waals surface area contributed by atoms with Crippen molar-refractivity contribution in [2.24, 2.45) is 0 Å². The molecule has 0 bridgehead atoms. The molecule has 1 saturated heterocycles. The molecule has 1 aliphatic rings. The monoisotopic (exact) mass is 267 g/mol. The second-order valence-electron chi connectivity index (χ2n) is 4.75. The number of morpholine rings is 1. The van der Waals surface area contributed by atoms with E-state index in [1.807, 2.05) is 18.0 Å². The number of ether oxygens (including phenoxy) is 1. The van der Waals surface area contributed by atoms with E-state index in [1.54, 1.807) is 12.3 Å². The second kappa shape index (κ2) is 7.28. The molecule has 1 fully saturated rings. The number of carbonyl (C=O) groups excluding carboxylic acids is 1. The summed E-state index contributed by atoms with van der Waals surface area (Å²) in [5.74, 6) is 0.749. The van der Waals surface area contributed by atoms with Crippen LogP contribution in [-0.4, -0.2) is 56.7 Å². The van der Waals surface area contributed by atoms with Gasteiger partial charge in [0.2, 0.25) is 5.91 Å². The Labute approximate surface area is 113 Å². The molecular formula is C13H21N3O3. The Morgan fingerprint density at radius 2 is 2.53 bits per heavy atom. The van der Waals surface area contributed by atoms with E-state index >= 15 is 0 Å². The normalized spacial score (nSPS) is 19.6. The third-order valence-electron chi connectivity index (χ3n) is 2.97. The van der Waals surface area contributed by atoms with Gasteiger partial charge in [-0.3, -0.25) is 9.69 Å². The average Bonchev–Trinajstić information content (AvgIpc) is 2.90. The number of nitrogens with zero attached hydrogens (tertiary/aromatic N) is 1. The van der Waals surface area contributed by atoms with Crippen molar-refractivity contribution in [3.05, 3.63) is 24.2 Å². The van der Waals surface area contributed by atoms with Crippen molar-refractivity contribution in [3.63, 3.8) is 0 Å². The van der Waals surface area contributed by atoms with Gasteiger partial charge in [-0.2, -0.15) is 0 Å². The van der Waals surface area contributed by atoms with E-state index < -0.39 is 0 Å². The quantitative estimate of drug-likeness (QED) is 0.748. The van der Waals surface area contributed by atoms with E-state index in [4.69, 9.17) is 9.15 Å². The Morgan fingerprint density at radius 1 is 1.63 bits per heavy atom. The average molecular weight is 267 g/mol. The van der Waals surface area contributed by atoms with Crippen molar-refractivity contribution in [2.45, 2.75) is 12.6 Å². The lowest BCUT2D eigenvalue weighted by Gasteiger charge is -2.27. The van der Waals surface area contributed by atoms with Gasteiger partial charge in [-0.05, 0) is 19.2 Å². The molecule has 0 saturated carbocycles. The van der Waals surface area contributed by atoms with Gasteiger partial charge in [-0.25, -0.2) is 0 Å². The Hall–Kier alpha value is -1.37. The lowest BCUT2D eigenvalue weighted by molar-refractivity contribution is -0.122. The van der Waals surface area contributed by atoms with Gasteiger partial charge in [0.1, 0.15) is 5.76 Å². The summed E-state index contributed by atoms with van der Waals surface area (Å²) < 4.78 is 10.8. The van der Waals surface area contributed by atoms with Crippen LogP contribution in [0.1, 0.15) is 5.76 Å². The van der Waals surface area contributed by atoms with Crippen molar-refractivity contribution in [1.82, 2.24) is 15.5 Å². The van der Waals surface area contributed by atoms with Crippen LogP contribution in [0.3, 0.4) is 0 Å². The van der Waals surface area contributed by atoms with Gasteiger partial charge in [0.05, 0.1) is 32.1 Å². The Kier molecular flexibility index (Phi) is 5.38. The standard InChI is InChI=1S/C13H21N3O3/c1-16(9-12-7-14-4-6-19-12)10-13(17)15-8-11-3-2-5-18-11/h2-3,5,12,14H,4,6-10H2,1H3,(H,15,17). The summed E-state index contributed by atoms with van der Waals surface area (Å²) in [6.45, 7) is 4.04. The third kappa shape index (κ3) is 5.02. The molecule has 1 aliphatic heterocycles. The molecule has 1 aromatic heterocycles. The molecule has 6 heteroatoms. The fourth-order valence-electron chi connectivity index (χ4n) is 2.05. The Morgan fingerprint density at radius 3 is 3.21 bits per heavy atom. The van der Waals surface area contributed by atoms with Crippen LogP contribution in [0.4, 0.5) is 0 Å². The minimum atomic E-state index is -0.0114. The summed E-state index contributed by atoms with van der Waals surface area (Å²) in [5.41, 5.74) is 0. The van der Waals surface area contributed by atoms with E-state index in [1.165, 1.54) is 0 Å². The van der Waals surface area contributed by atoms with Crippen LogP contribution in [0.2, 0.25) is 0 Å². The number of hydrogen-bond donors (Lipinski definition) is 2. The molecule has 0 spiro atoms. The first kappa shape index (κ1) is 14.0. The van der Waals surface area contributed by atoms with E-state index in [9.17, 15) is 4.79 Å². The fraction of sp³-hybridized carbons (Fsp3) is 0.615. The van der Waals surface area contributed by atoms with Gasteiger partial charge < -0.3 is 19.8 Å². The van der Waals surface area contributed by atoms with Crippen LogP contribution in [0.25, 0.3) is 0 Å². The van der Waals surface area contributed by atoms with Crippen molar-refractivity contribution in [1.29, 1.82) is 0 Å². The third-order valence-corrected chi connectivity index (χ3v) is 2.97. The smallest absolute Gasteiger partial charge is 0.234 e. The summed E-state index contributed by atoms with van der Waals surface area (Å²) in [6.07, 6.45) is 1.76. The highest BCUT2D eigenvalue weighted by Gasteiger charge is 2.16. The summed E-state index contributed by atoms with van der Waals surface area (Å²) in [4.78, 5) is 13.7. The molecule has 1 unspecified atom stereocenters. The molecule has 2 N–H and O–H groups in total. The topological polar surface area (TPSA) is 66.7 Å². The molecule has 0 radical (unpaired) electrons. The first-order chi connectivity index (χ1) is 9.24. The van der Waals surface area contributed by atoms with Gasteiger partial charge >= 0.3 is 0 Å². The number of carbonyl (C=O) groups is 1. The molecule has 19 heavy (non-hydrogen) atoms. The molecule has 1 amide bonds. The fourth-order valence-corrected chi connectivity index (χ4v) is 2.05. The van der Waals surface area contributed by atoms with Crippen LogP contribution < -0.4 is 10.6 Å². The number of rotatable bonds is 6. The maximum Gasteiger partial charge on any atom is 0.234 e. The number of hydrogen-bond acceptors (Lipinski definition) is 5. The molecule has 106 valence electrons. The van der Waals surface area contributed by atoms with E-state index in [2.05, 4.69) is 10.6 Å². The van der Waals surface area contributed by atoms with E-state index in [-0.39, 0.29) is 12.0 Å². The lowest BCUT2D eigenvalue weighted by Crippen LogP contribution is -2.46. The van der Waals surface area contributed by atoms with Gasteiger partial charge in [-0.15, -0.1) is 0 Å². The zero-order chi connectivity index (χ0) is 13.5. The van der Waals surface area contributed by atoms with Gasteiger partial charge in [0, 0.05) is 19.6 Å². The maximum atomic E-state index is 11.7. The highest BCUT2D eigenvalue weighted by Crippen LogP contribution is 2.00. The van der Waals surface area contributed by atoms with Gasteiger partial charge in [0.25, 0.3) is 0 Å². The highest BCUT2D eigenvalue weighted by molar-refractivity contribution is 5.77. The molecule has 0 aliphatic carbocycles. The summed E-state index contributed by atoms with van der Waals surface area (Å²) in [7, 11) is 1.92. The molecule has 6 nitrogen and oxygen atoms in total. The van der Waals surface area contributed by atoms with E-state index in [0.717, 1.165) is 32.0 Å². The van der Waals surface area contributed by atoms with Crippen molar-refractivity contribution in [3.8, 4) is 0 Å². The lowest BCUT2D eigenvalue weighted by atomic mass is 10.3. The van der Waals surface area contributed by atoms with Gasteiger partial charge in [-0.1, -0.05) is 0 Å². The number of amides is 1. The summed E-state index contributed by atoms with van der Waals surface area (Å²) >= 11 is 0. The first-order valence-corrected chi connectivity index (χ1v) is 6.54. The minimum absolute atomic E-state index is 0.0114. The number of furan rings is 1. The predicted molar refractivity (Wildman–Crippen MR) is 70.7 cm³/mol. The molecule has 2 rings (SSSR count). The first-order valence-electron chi connectivity index (χ1n) is 6.54. The van der Waals surface area contributed by atoms with Crippen LogP contribution in [0, 0.1) is 0 Å². The second-order valence-corrected chi connectivity index (χ2v) is 4.75. The van der Waals surface area contributed by atoms with Crippen molar-refractivity contribution < 1.29 is 13.9 Å².